The second-order valence-electron chi connectivity index (χ2n) is 5.03. The van der Waals surface area contributed by atoms with E-state index >= 15 is 0 Å². The van der Waals surface area contributed by atoms with Crippen LogP contribution in [0, 0.1) is 12.8 Å². The number of ether oxygens (including phenoxy) is 2. The van der Waals surface area contributed by atoms with Gasteiger partial charge in [0.2, 0.25) is 0 Å². The summed E-state index contributed by atoms with van der Waals surface area (Å²) in [5, 5.41) is 0. The number of nitrogens with two attached hydrogens (primary N) is 1. The van der Waals surface area contributed by atoms with Crippen LogP contribution < -0.4 is 10.5 Å². The first-order valence-electron chi connectivity index (χ1n) is 6.74. The second kappa shape index (κ2) is 5.72. The Labute approximate surface area is 109 Å². The lowest BCUT2D eigenvalue weighted by atomic mass is 9.88. The molecule has 3 unspecified atom stereocenters. The molecule has 0 saturated carbocycles. The van der Waals surface area contributed by atoms with E-state index in [2.05, 4.69) is 26.0 Å². The highest BCUT2D eigenvalue weighted by Gasteiger charge is 2.32. The van der Waals surface area contributed by atoms with Crippen LogP contribution in [0.5, 0.6) is 5.75 Å². The van der Waals surface area contributed by atoms with Crippen molar-refractivity contribution in [1.29, 1.82) is 0 Å². The van der Waals surface area contributed by atoms with Crippen molar-refractivity contribution in [2.75, 3.05) is 13.2 Å². The predicted octanol–water partition coefficient (Wildman–Crippen LogP) is 2.82. The average molecular weight is 249 g/mol. The van der Waals surface area contributed by atoms with Crippen molar-refractivity contribution < 1.29 is 9.47 Å². The highest BCUT2D eigenvalue weighted by atomic mass is 16.5. The third kappa shape index (κ3) is 2.68. The van der Waals surface area contributed by atoms with Crippen LogP contribution >= 0.6 is 0 Å². The van der Waals surface area contributed by atoms with E-state index in [1.165, 1.54) is 5.56 Å². The molecule has 18 heavy (non-hydrogen) atoms. The highest BCUT2D eigenvalue weighted by molar-refractivity contribution is 5.39. The van der Waals surface area contributed by atoms with Gasteiger partial charge in [-0.1, -0.05) is 17.7 Å². The van der Waals surface area contributed by atoms with Gasteiger partial charge in [-0.3, -0.25) is 0 Å². The monoisotopic (exact) mass is 249 g/mol. The van der Waals surface area contributed by atoms with Crippen LogP contribution in [0.3, 0.4) is 0 Å². The molecule has 2 N–H and O–H groups in total. The Bertz CT molecular complexity index is 405. The van der Waals surface area contributed by atoms with Crippen molar-refractivity contribution in [3.63, 3.8) is 0 Å². The van der Waals surface area contributed by atoms with Crippen LogP contribution in [0.4, 0.5) is 0 Å². The Morgan fingerprint density at radius 2 is 2.28 bits per heavy atom. The minimum atomic E-state index is -0.0102. The van der Waals surface area contributed by atoms with Gasteiger partial charge in [-0.15, -0.1) is 0 Å². The Morgan fingerprint density at radius 3 is 2.89 bits per heavy atom. The average Bonchev–Trinajstić information content (AvgIpc) is 2.77. The van der Waals surface area contributed by atoms with Crippen LogP contribution in [0.25, 0.3) is 0 Å². The summed E-state index contributed by atoms with van der Waals surface area (Å²) in [5.74, 6) is 1.29. The van der Waals surface area contributed by atoms with Gasteiger partial charge >= 0.3 is 0 Å². The largest absolute Gasteiger partial charge is 0.494 e. The van der Waals surface area contributed by atoms with Crippen molar-refractivity contribution >= 4 is 0 Å². The molecule has 0 radical (unpaired) electrons. The summed E-state index contributed by atoms with van der Waals surface area (Å²) in [6, 6.07) is 6.22. The molecule has 0 amide bonds. The highest BCUT2D eigenvalue weighted by Crippen LogP contribution is 2.36. The van der Waals surface area contributed by atoms with Crippen LogP contribution in [-0.4, -0.2) is 19.3 Å². The molecule has 0 aromatic heterocycles. The SMILES string of the molecule is CCOc1ccc(C)cc1C(N)C1CCOC1C. The molecular formula is C15H23NO2. The second-order valence-corrected chi connectivity index (χ2v) is 5.03. The topological polar surface area (TPSA) is 44.5 Å². The number of hydrogen-bond donors (Lipinski definition) is 1. The maximum Gasteiger partial charge on any atom is 0.124 e. The number of aryl methyl sites for hydroxylation is 1. The third-order valence-corrected chi connectivity index (χ3v) is 3.72. The van der Waals surface area contributed by atoms with E-state index in [0.717, 1.165) is 24.3 Å². The van der Waals surface area contributed by atoms with E-state index in [1.807, 2.05) is 13.0 Å². The van der Waals surface area contributed by atoms with Gasteiger partial charge in [-0.2, -0.15) is 0 Å². The standard InChI is InChI=1S/C15H23NO2/c1-4-17-14-6-5-10(2)9-13(14)15(16)12-7-8-18-11(12)3/h5-6,9,11-12,15H,4,7-8,16H2,1-3H3. The lowest BCUT2D eigenvalue weighted by Gasteiger charge is -2.24. The first kappa shape index (κ1) is 13.4. The van der Waals surface area contributed by atoms with Crippen molar-refractivity contribution in [1.82, 2.24) is 0 Å². The summed E-state index contributed by atoms with van der Waals surface area (Å²) in [5.41, 5.74) is 8.76. The molecule has 0 aliphatic carbocycles. The number of rotatable bonds is 4. The molecule has 3 heteroatoms. The van der Waals surface area contributed by atoms with E-state index in [0.29, 0.717) is 12.5 Å². The van der Waals surface area contributed by atoms with Crippen molar-refractivity contribution in [2.24, 2.45) is 11.7 Å². The Hall–Kier alpha value is -1.06. The summed E-state index contributed by atoms with van der Waals surface area (Å²) in [6.07, 6.45) is 1.26. The van der Waals surface area contributed by atoms with Crippen molar-refractivity contribution in [2.45, 2.75) is 39.3 Å². The molecule has 2 rings (SSSR count). The zero-order chi connectivity index (χ0) is 13.1. The molecule has 1 aromatic rings. The number of hydrogen-bond acceptors (Lipinski definition) is 3. The molecule has 1 heterocycles. The molecular weight excluding hydrogens is 226 g/mol. The molecule has 1 aromatic carbocycles. The zero-order valence-corrected chi connectivity index (χ0v) is 11.5. The van der Waals surface area contributed by atoms with E-state index in [-0.39, 0.29) is 12.1 Å². The minimum absolute atomic E-state index is 0.0102. The molecule has 3 atom stereocenters. The van der Waals surface area contributed by atoms with E-state index < -0.39 is 0 Å². The Kier molecular flexibility index (Phi) is 4.25. The minimum Gasteiger partial charge on any atom is -0.494 e. The normalized spacial score (nSPS) is 25.1. The molecule has 0 bridgehead atoms. The Morgan fingerprint density at radius 1 is 1.50 bits per heavy atom. The molecule has 1 aliphatic rings. The lowest BCUT2D eigenvalue weighted by molar-refractivity contribution is 0.0992. The summed E-state index contributed by atoms with van der Waals surface area (Å²) >= 11 is 0. The van der Waals surface area contributed by atoms with Gasteiger partial charge in [-0.05, 0) is 33.3 Å². The van der Waals surface area contributed by atoms with Crippen molar-refractivity contribution in [3.8, 4) is 5.75 Å². The zero-order valence-electron chi connectivity index (χ0n) is 11.5. The maximum atomic E-state index is 6.43. The summed E-state index contributed by atoms with van der Waals surface area (Å²) in [6.45, 7) is 7.67. The first-order valence-corrected chi connectivity index (χ1v) is 6.74. The maximum absolute atomic E-state index is 6.43. The summed E-state index contributed by atoms with van der Waals surface area (Å²) in [4.78, 5) is 0. The van der Waals surface area contributed by atoms with Gasteiger partial charge < -0.3 is 15.2 Å². The molecule has 1 fully saturated rings. The fourth-order valence-corrected chi connectivity index (χ4v) is 2.67. The smallest absolute Gasteiger partial charge is 0.124 e. The van der Waals surface area contributed by atoms with E-state index in [1.54, 1.807) is 0 Å². The van der Waals surface area contributed by atoms with Crippen LogP contribution in [0.15, 0.2) is 18.2 Å². The molecule has 3 nitrogen and oxygen atoms in total. The van der Waals surface area contributed by atoms with Crippen molar-refractivity contribution in [3.05, 3.63) is 29.3 Å². The lowest BCUT2D eigenvalue weighted by Crippen LogP contribution is -2.27. The van der Waals surface area contributed by atoms with Gasteiger partial charge in [0, 0.05) is 24.1 Å². The fourth-order valence-electron chi connectivity index (χ4n) is 2.67. The summed E-state index contributed by atoms with van der Waals surface area (Å²) in [7, 11) is 0. The van der Waals surface area contributed by atoms with Crippen LogP contribution in [0.1, 0.15) is 37.4 Å². The van der Waals surface area contributed by atoms with Gasteiger partial charge in [-0.25, -0.2) is 0 Å². The van der Waals surface area contributed by atoms with Crippen LogP contribution in [-0.2, 0) is 4.74 Å². The van der Waals surface area contributed by atoms with Gasteiger partial charge in [0.25, 0.3) is 0 Å². The fraction of sp³-hybridized carbons (Fsp3) is 0.600. The summed E-state index contributed by atoms with van der Waals surface area (Å²) < 4.78 is 11.3. The quantitative estimate of drug-likeness (QED) is 0.892. The third-order valence-electron chi connectivity index (χ3n) is 3.72. The molecule has 0 spiro atoms. The van der Waals surface area contributed by atoms with Gasteiger partial charge in [0.15, 0.2) is 0 Å². The number of benzene rings is 1. The first-order chi connectivity index (χ1) is 8.63. The predicted molar refractivity (Wildman–Crippen MR) is 72.8 cm³/mol. The molecule has 1 aliphatic heterocycles. The molecule has 1 saturated heterocycles. The van der Waals surface area contributed by atoms with E-state index in [4.69, 9.17) is 15.2 Å². The van der Waals surface area contributed by atoms with Gasteiger partial charge in [0.1, 0.15) is 5.75 Å². The molecule has 100 valence electrons. The van der Waals surface area contributed by atoms with E-state index in [9.17, 15) is 0 Å². The van der Waals surface area contributed by atoms with Gasteiger partial charge in [0.05, 0.1) is 12.7 Å². The Balaban J connectivity index is 2.27. The van der Waals surface area contributed by atoms with Crippen LogP contribution in [0.2, 0.25) is 0 Å².